The predicted molar refractivity (Wildman–Crippen MR) is 93.9 cm³/mol. The second-order valence-electron chi connectivity index (χ2n) is 5.28. The van der Waals surface area contributed by atoms with Gasteiger partial charge in [0.2, 0.25) is 0 Å². The third-order valence-corrected chi connectivity index (χ3v) is 4.11. The molecule has 112 valence electrons. The second-order valence-corrected chi connectivity index (χ2v) is 5.55. The molecule has 3 nitrogen and oxygen atoms in total. The first-order valence-corrected chi connectivity index (χ1v) is 7.94. The average Bonchev–Trinajstić information content (AvgIpc) is 3.02. The van der Waals surface area contributed by atoms with Crippen LogP contribution < -0.4 is 0 Å². The molecule has 0 saturated carbocycles. The van der Waals surface area contributed by atoms with Crippen LogP contribution in [0.3, 0.4) is 0 Å². The lowest BCUT2D eigenvalue weighted by Crippen LogP contribution is -1.98. The summed E-state index contributed by atoms with van der Waals surface area (Å²) >= 11 is 5.89. The van der Waals surface area contributed by atoms with Crippen molar-refractivity contribution in [1.29, 1.82) is 0 Å². The fraction of sp³-hybridized carbons (Fsp3) is 0.0526. The second kappa shape index (κ2) is 5.86. The first-order chi connectivity index (χ1) is 11.4. The van der Waals surface area contributed by atoms with Gasteiger partial charge >= 0.3 is 0 Å². The lowest BCUT2D eigenvalue weighted by atomic mass is 10.1. The highest BCUT2D eigenvalue weighted by Crippen LogP contribution is 2.27. The van der Waals surface area contributed by atoms with Gasteiger partial charge in [0.25, 0.3) is 0 Å². The molecule has 2 aromatic heterocycles. The molecule has 4 aromatic rings. The monoisotopic (exact) mass is 319 g/mol. The first kappa shape index (κ1) is 14.0. The van der Waals surface area contributed by atoms with E-state index in [1.54, 1.807) is 6.20 Å². The van der Waals surface area contributed by atoms with E-state index in [-0.39, 0.29) is 0 Å². The van der Waals surface area contributed by atoms with Crippen molar-refractivity contribution in [2.45, 2.75) is 5.88 Å². The van der Waals surface area contributed by atoms with Gasteiger partial charge in [-0.2, -0.15) is 0 Å². The highest BCUT2D eigenvalue weighted by molar-refractivity contribution is 6.17. The van der Waals surface area contributed by atoms with Gasteiger partial charge in [0.15, 0.2) is 5.65 Å². The molecule has 0 fully saturated rings. The molecular formula is C19H14ClN3. The molecule has 2 aromatic carbocycles. The molecule has 0 aliphatic heterocycles. The fourth-order valence-corrected chi connectivity index (χ4v) is 2.85. The molecule has 0 spiro atoms. The van der Waals surface area contributed by atoms with Crippen LogP contribution in [0.25, 0.3) is 28.2 Å². The molecule has 0 radical (unpaired) electrons. The van der Waals surface area contributed by atoms with Crippen molar-refractivity contribution in [3.05, 3.63) is 78.5 Å². The molecule has 0 bridgehead atoms. The maximum absolute atomic E-state index is 5.89. The number of para-hydroxylation sites is 1. The van der Waals surface area contributed by atoms with E-state index >= 15 is 0 Å². The van der Waals surface area contributed by atoms with Crippen LogP contribution in [0, 0.1) is 0 Å². The maximum atomic E-state index is 5.89. The van der Waals surface area contributed by atoms with Crippen LogP contribution in [0.4, 0.5) is 0 Å². The summed E-state index contributed by atoms with van der Waals surface area (Å²) < 4.78 is 2.09. The van der Waals surface area contributed by atoms with Gasteiger partial charge in [-0.25, -0.2) is 9.97 Å². The van der Waals surface area contributed by atoms with E-state index in [9.17, 15) is 0 Å². The Balaban J connectivity index is 1.98. The summed E-state index contributed by atoms with van der Waals surface area (Å²) in [6.45, 7) is 0. The first-order valence-electron chi connectivity index (χ1n) is 7.41. The minimum Gasteiger partial charge on any atom is -0.277 e. The molecule has 4 rings (SSSR count). The van der Waals surface area contributed by atoms with Crippen molar-refractivity contribution < 1.29 is 0 Å². The van der Waals surface area contributed by atoms with Crippen molar-refractivity contribution in [2.75, 3.05) is 0 Å². The van der Waals surface area contributed by atoms with Crippen LogP contribution in [0.15, 0.2) is 72.9 Å². The van der Waals surface area contributed by atoms with Crippen molar-refractivity contribution in [3.63, 3.8) is 0 Å². The Morgan fingerprint density at radius 3 is 2.39 bits per heavy atom. The number of benzene rings is 2. The molecular weight excluding hydrogens is 306 g/mol. The molecule has 23 heavy (non-hydrogen) atoms. The Morgan fingerprint density at radius 2 is 1.65 bits per heavy atom. The normalized spacial score (nSPS) is 11.0. The topological polar surface area (TPSA) is 30.7 Å². The summed E-state index contributed by atoms with van der Waals surface area (Å²) in [4.78, 5) is 9.30. The Morgan fingerprint density at radius 1 is 0.870 bits per heavy atom. The van der Waals surface area contributed by atoms with Crippen LogP contribution in [0.2, 0.25) is 0 Å². The van der Waals surface area contributed by atoms with Gasteiger partial charge in [-0.15, -0.1) is 11.6 Å². The third-order valence-electron chi connectivity index (χ3n) is 3.80. The SMILES string of the molecule is ClCc1ccc(-c2nc3cccnc3n2-c2ccccc2)cc1. The number of hydrogen-bond acceptors (Lipinski definition) is 2. The van der Waals surface area contributed by atoms with Crippen molar-refractivity contribution in [3.8, 4) is 17.1 Å². The largest absolute Gasteiger partial charge is 0.277 e. The summed E-state index contributed by atoms with van der Waals surface area (Å²) in [5.41, 5.74) is 4.92. The van der Waals surface area contributed by atoms with Crippen LogP contribution >= 0.6 is 11.6 Å². The molecule has 0 amide bonds. The van der Waals surface area contributed by atoms with Gasteiger partial charge in [-0.05, 0) is 29.8 Å². The number of aromatic nitrogens is 3. The van der Waals surface area contributed by atoms with E-state index in [1.165, 1.54) is 0 Å². The number of imidazole rings is 1. The standard InChI is InChI=1S/C19H14ClN3/c20-13-14-8-10-15(11-9-14)18-22-17-7-4-12-21-19(17)23(18)16-5-2-1-3-6-16/h1-12H,13H2. The number of alkyl halides is 1. The molecule has 0 unspecified atom stereocenters. The molecule has 4 heteroatoms. The zero-order valence-electron chi connectivity index (χ0n) is 12.4. The number of rotatable bonds is 3. The Bertz CT molecular complexity index is 943. The average molecular weight is 320 g/mol. The van der Waals surface area contributed by atoms with E-state index < -0.39 is 0 Å². The summed E-state index contributed by atoms with van der Waals surface area (Å²) in [5, 5.41) is 0. The van der Waals surface area contributed by atoms with Gasteiger partial charge in [-0.1, -0.05) is 42.5 Å². The van der Waals surface area contributed by atoms with Crippen molar-refractivity contribution in [2.24, 2.45) is 0 Å². The molecule has 0 aliphatic rings. The Kier molecular flexibility index (Phi) is 3.56. The van der Waals surface area contributed by atoms with Crippen molar-refractivity contribution in [1.82, 2.24) is 14.5 Å². The summed E-state index contributed by atoms with van der Waals surface area (Å²) in [5.74, 6) is 1.39. The number of nitrogens with zero attached hydrogens (tertiary/aromatic N) is 3. The lowest BCUT2D eigenvalue weighted by Gasteiger charge is -2.09. The fourth-order valence-electron chi connectivity index (χ4n) is 2.67. The van der Waals surface area contributed by atoms with Gasteiger partial charge in [0.05, 0.1) is 0 Å². The van der Waals surface area contributed by atoms with E-state index in [0.717, 1.165) is 33.8 Å². The van der Waals surface area contributed by atoms with E-state index in [0.29, 0.717) is 5.88 Å². The minimum absolute atomic E-state index is 0.511. The number of fused-ring (bicyclic) bond motifs is 1. The summed E-state index contributed by atoms with van der Waals surface area (Å²) in [6.07, 6.45) is 1.80. The molecule has 0 aliphatic carbocycles. The Hall–Kier alpha value is -2.65. The van der Waals surface area contributed by atoms with Gasteiger partial charge in [-0.3, -0.25) is 4.57 Å². The number of pyridine rings is 1. The highest BCUT2D eigenvalue weighted by atomic mass is 35.5. The predicted octanol–water partition coefficient (Wildman–Crippen LogP) is 4.83. The minimum atomic E-state index is 0.511. The molecule has 0 saturated heterocycles. The molecule has 0 atom stereocenters. The van der Waals surface area contributed by atoms with Gasteiger partial charge < -0.3 is 0 Å². The number of hydrogen-bond donors (Lipinski definition) is 0. The quantitative estimate of drug-likeness (QED) is 0.506. The highest BCUT2D eigenvalue weighted by Gasteiger charge is 2.14. The van der Waals surface area contributed by atoms with Crippen LogP contribution in [-0.2, 0) is 5.88 Å². The third kappa shape index (κ3) is 2.49. The van der Waals surface area contributed by atoms with Gasteiger partial charge in [0.1, 0.15) is 11.3 Å². The molecule has 0 N–H and O–H groups in total. The van der Waals surface area contributed by atoms with E-state index in [2.05, 4.69) is 33.8 Å². The Labute approximate surface area is 139 Å². The smallest absolute Gasteiger partial charge is 0.164 e. The number of halogens is 1. The molecule has 2 heterocycles. The van der Waals surface area contributed by atoms with Crippen molar-refractivity contribution >= 4 is 22.8 Å². The lowest BCUT2D eigenvalue weighted by molar-refractivity contribution is 1.08. The summed E-state index contributed by atoms with van der Waals surface area (Å²) in [7, 11) is 0. The zero-order chi connectivity index (χ0) is 15.6. The summed E-state index contributed by atoms with van der Waals surface area (Å²) in [6, 6.07) is 22.2. The van der Waals surface area contributed by atoms with Gasteiger partial charge in [0, 0.05) is 23.3 Å². The zero-order valence-corrected chi connectivity index (χ0v) is 13.1. The van der Waals surface area contributed by atoms with Crippen LogP contribution in [0.1, 0.15) is 5.56 Å². The van der Waals surface area contributed by atoms with Crippen LogP contribution in [0.5, 0.6) is 0 Å². The van der Waals surface area contributed by atoms with E-state index in [4.69, 9.17) is 16.6 Å². The van der Waals surface area contributed by atoms with E-state index in [1.807, 2.05) is 42.5 Å². The maximum Gasteiger partial charge on any atom is 0.164 e. The van der Waals surface area contributed by atoms with Crippen LogP contribution in [-0.4, -0.2) is 14.5 Å².